The van der Waals surface area contributed by atoms with Gasteiger partial charge in [0.05, 0.1) is 7.11 Å². The third-order valence-electron chi connectivity index (χ3n) is 3.06. The van der Waals surface area contributed by atoms with Gasteiger partial charge in [-0.3, -0.25) is 4.40 Å². The Labute approximate surface area is 120 Å². The van der Waals surface area contributed by atoms with Crippen LogP contribution in [0.5, 0.6) is 5.88 Å². The van der Waals surface area contributed by atoms with Crippen LogP contribution in [0.2, 0.25) is 0 Å². The zero-order valence-corrected chi connectivity index (χ0v) is 13.0. The van der Waals surface area contributed by atoms with E-state index in [0.29, 0.717) is 11.7 Å². The first-order valence-corrected chi connectivity index (χ1v) is 6.81. The lowest BCUT2D eigenvalue weighted by atomic mass is 9.98. The minimum absolute atomic E-state index is 0.0372. The van der Waals surface area contributed by atoms with E-state index in [2.05, 4.69) is 56.4 Å². The highest BCUT2D eigenvalue weighted by atomic mass is 16.5. The summed E-state index contributed by atoms with van der Waals surface area (Å²) in [5, 5.41) is 0. The second-order valence-electron chi connectivity index (χ2n) is 5.83. The van der Waals surface area contributed by atoms with Crippen LogP contribution < -0.4 is 4.74 Å². The Morgan fingerprint density at radius 2 is 2.00 bits per heavy atom. The van der Waals surface area contributed by atoms with E-state index in [-0.39, 0.29) is 5.41 Å². The van der Waals surface area contributed by atoms with Gasteiger partial charge in [-0.2, -0.15) is 4.98 Å². The van der Waals surface area contributed by atoms with Crippen molar-refractivity contribution in [3.63, 3.8) is 0 Å². The molecule has 2 rings (SSSR count). The monoisotopic (exact) mass is 271 g/mol. The van der Waals surface area contributed by atoms with Crippen molar-refractivity contribution in [2.45, 2.75) is 41.0 Å². The molecule has 4 nitrogen and oxygen atoms in total. The summed E-state index contributed by atoms with van der Waals surface area (Å²) in [6.45, 7) is 10.4. The molecule has 0 radical (unpaired) electrons. The fourth-order valence-corrected chi connectivity index (χ4v) is 2.04. The van der Waals surface area contributed by atoms with E-state index in [1.807, 2.05) is 10.6 Å². The minimum Gasteiger partial charge on any atom is -0.481 e. The summed E-state index contributed by atoms with van der Waals surface area (Å²) in [5.41, 5.74) is 2.91. The number of hydrogen-bond donors (Lipinski definition) is 0. The zero-order valence-electron chi connectivity index (χ0n) is 13.0. The lowest BCUT2D eigenvalue weighted by Gasteiger charge is -2.10. The van der Waals surface area contributed by atoms with E-state index in [1.54, 1.807) is 7.11 Å². The molecule has 2 aromatic rings. The first-order chi connectivity index (χ1) is 9.35. The summed E-state index contributed by atoms with van der Waals surface area (Å²) in [7, 11) is 1.64. The van der Waals surface area contributed by atoms with Crippen LogP contribution in [0.25, 0.3) is 5.78 Å². The van der Waals surface area contributed by atoms with Gasteiger partial charge in [0, 0.05) is 22.9 Å². The van der Waals surface area contributed by atoms with Crippen molar-refractivity contribution in [2.24, 2.45) is 5.41 Å². The van der Waals surface area contributed by atoms with Gasteiger partial charge in [0.25, 0.3) is 0 Å². The van der Waals surface area contributed by atoms with Crippen molar-refractivity contribution < 1.29 is 4.74 Å². The average Bonchev–Trinajstić information content (AvgIpc) is 2.78. The number of hydrogen-bond acceptors (Lipinski definition) is 3. The highest BCUT2D eigenvalue weighted by Gasteiger charge is 2.13. The highest BCUT2D eigenvalue weighted by molar-refractivity contribution is 5.45. The molecule has 0 N–H and O–H groups in total. The Kier molecular flexibility index (Phi) is 3.71. The number of ether oxygens (including phenoxy) is 1. The second-order valence-corrected chi connectivity index (χ2v) is 5.83. The molecule has 0 aliphatic heterocycles. The van der Waals surface area contributed by atoms with Gasteiger partial charge in [-0.1, -0.05) is 12.8 Å². The predicted octanol–water partition coefficient (Wildman–Crippen LogP) is 3.01. The Bertz CT molecular complexity index is 696. The molecule has 0 unspecified atom stereocenters. The van der Waals surface area contributed by atoms with Crippen molar-refractivity contribution in [3.05, 3.63) is 23.1 Å². The minimum atomic E-state index is -0.0372. The second kappa shape index (κ2) is 5.16. The van der Waals surface area contributed by atoms with Crippen molar-refractivity contribution >= 4 is 5.78 Å². The first kappa shape index (κ1) is 14.4. The van der Waals surface area contributed by atoms with E-state index in [9.17, 15) is 0 Å². The summed E-state index contributed by atoms with van der Waals surface area (Å²) in [5.74, 6) is 7.59. The van der Waals surface area contributed by atoms with Gasteiger partial charge >= 0.3 is 0 Å². The molecule has 0 spiro atoms. The molecule has 0 atom stereocenters. The molecule has 0 saturated carbocycles. The molecule has 0 saturated heterocycles. The van der Waals surface area contributed by atoms with Gasteiger partial charge in [-0.25, -0.2) is 4.98 Å². The van der Waals surface area contributed by atoms with Crippen molar-refractivity contribution in [2.75, 3.05) is 7.11 Å². The van der Waals surface area contributed by atoms with Crippen LogP contribution in [0, 0.1) is 24.2 Å². The fraction of sp³-hybridized carbons (Fsp3) is 0.500. The summed E-state index contributed by atoms with van der Waals surface area (Å²) < 4.78 is 7.33. The van der Waals surface area contributed by atoms with Gasteiger partial charge in [-0.15, -0.1) is 0 Å². The predicted molar refractivity (Wildman–Crippen MR) is 80.0 cm³/mol. The summed E-state index contributed by atoms with van der Waals surface area (Å²) in [4.78, 5) is 8.91. The molecule has 20 heavy (non-hydrogen) atoms. The van der Waals surface area contributed by atoms with Gasteiger partial charge in [0.1, 0.15) is 5.69 Å². The number of aryl methyl sites for hydroxylation is 1. The van der Waals surface area contributed by atoms with E-state index >= 15 is 0 Å². The van der Waals surface area contributed by atoms with Crippen LogP contribution in [0.3, 0.4) is 0 Å². The van der Waals surface area contributed by atoms with Gasteiger partial charge < -0.3 is 4.74 Å². The number of methoxy groups -OCH3 is 1. The summed E-state index contributed by atoms with van der Waals surface area (Å²) in [6, 6.07) is 0. The van der Waals surface area contributed by atoms with Crippen LogP contribution >= 0.6 is 0 Å². The normalized spacial score (nSPS) is 11.3. The maximum absolute atomic E-state index is 5.35. The number of imidazole rings is 1. The zero-order chi connectivity index (χ0) is 14.9. The number of aromatic nitrogens is 3. The van der Waals surface area contributed by atoms with Gasteiger partial charge in [0.15, 0.2) is 0 Å². The quantitative estimate of drug-likeness (QED) is 0.788. The molecule has 2 aromatic heterocycles. The third-order valence-corrected chi connectivity index (χ3v) is 3.06. The standard InChI is InChI=1S/C16H21N3O/c1-7-13-11(2)19-10-12(8-9-16(3,4)5)17-15(19)18-14(13)20-6/h10H,7H2,1-6H3. The molecule has 0 aromatic carbocycles. The fourth-order valence-electron chi connectivity index (χ4n) is 2.04. The molecular weight excluding hydrogens is 250 g/mol. The van der Waals surface area contributed by atoms with Gasteiger partial charge in [0.2, 0.25) is 11.7 Å². The number of nitrogens with zero attached hydrogens (tertiary/aromatic N) is 3. The molecule has 0 fully saturated rings. The highest BCUT2D eigenvalue weighted by Crippen LogP contribution is 2.22. The van der Waals surface area contributed by atoms with Crippen LogP contribution in [-0.2, 0) is 6.42 Å². The molecule has 0 amide bonds. The van der Waals surface area contributed by atoms with Crippen LogP contribution in [-0.4, -0.2) is 21.5 Å². The Morgan fingerprint density at radius 1 is 1.30 bits per heavy atom. The average molecular weight is 271 g/mol. The van der Waals surface area contributed by atoms with Crippen LogP contribution in [0.4, 0.5) is 0 Å². The largest absolute Gasteiger partial charge is 0.481 e. The van der Waals surface area contributed by atoms with Crippen molar-refractivity contribution in [1.82, 2.24) is 14.4 Å². The molecular formula is C16H21N3O. The number of rotatable bonds is 2. The Hall–Kier alpha value is -2.02. The van der Waals surface area contributed by atoms with E-state index in [0.717, 1.165) is 23.4 Å². The molecule has 0 aliphatic rings. The van der Waals surface area contributed by atoms with E-state index in [4.69, 9.17) is 4.74 Å². The van der Waals surface area contributed by atoms with Crippen molar-refractivity contribution in [3.8, 4) is 17.7 Å². The van der Waals surface area contributed by atoms with Gasteiger partial charge in [-0.05, 0) is 40.0 Å². The van der Waals surface area contributed by atoms with E-state index < -0.39 is 0 Å². The van der Waals surface area contributed by atoms with E-state index in [1.165, 1.54) is 0 Å². The summed E-state index contributed by atoms with van der Waals surface area (Å²) >= 11 is 0. The topological polar surface area (TPSA) is 39.4 Å². The molecule has 2 heterocycles. The molecule has 4 heteroatoms. The number of fused-ring (bicyclic) bond motifs is 1. The third kappa shape index (κ3) is 2.77. The first-order valence-electron chi connectivity index (χ1n) is 6.81. The maximum atomic E-state index is 5.35. The lowest BCUT2D eigenvalue weighted by molar-refractivity contribution is 0.392. The Morgan fingerprint density at radius 3 is 2.55 bits per heavy atom. The summed E-state index contributed by atoms with van der Waals surface area (Å²) in [6.07, 6.45) is 2.81. The lowest BCUT2D eigenvalue weighted by Crippen LogP contribution is -2.03. The molecule has 0 aliphatic carbocycles. The molecule has 106 valence electrons. The molecule has 0 bridgehead atoms. The van der Waals surface area contributed by atoms with Crippen molar-refractivity contribution in [1.29, 1.82) is 0 Å². The Balaban J connectivity index is 2.59. The SMILES string of the molecule is CCc1c(OC)nc2nc(C#CC(C)(C)C)cn2c1C. The maximum Gasteiger partial charge on any atom is 0.238 e. The van der Waals surface area contributed by atoms with Crippen LogP contribution in [0.15, 0.2) is 6.20 Å². The van der Waals surface area contributed by atoms with Crippen LogP contribution in [0.1, 0.15) is 44.6 Å². The smallest absolute Gasteiger partial charge is 0.238 e.